The highest BCUT2D eigenvalue weighted by Crippen LogP contribution is 2.23. The first kappa shape index (κ1) is 14.6. The molecule has 102 valence electrons. The molecule has 0 spiro atoms. The Morgan fingerprint density at radius 2 is 1.80 bits per heavy atom. The van der Waals surface area contributed by atoms with Crippen molar-refractivity contribution in [2.24, 2.45) is 0 Å². The van der Waals surface area contributed by atoms with E-state index in [1.807, 2.05) is 54.6 Å². The van der Waals surface area contributed by atoms with Crippen molar-refractivity contribution in [1.29, 1.82) is 5.26 Å². The zero-order valence-corrected chi connectivity index (χ0v) is 12.1. The van der Waals surface area contributed by atoms with E-state index in [4.69, 9.17) is 16.9 Å². The van der Waals surface area contributed by atoms with E-state index in [0.717, 1.165) is 16.1 Å². The Hall–Kier alpha value is -1.82. The molecule has 1 N–H and O–H groups in total. The third kappa shape index (κ3) is 3.84. The first-order valence-corrected chi connectivity index (χ1v) is 7.02. The van der Waals surface area contributed by atoms with Gasteiger partial charge in [0.2, 0.25) is 0 Å². The molecule has 3 heteroatoms. The Morgan fingerprint density at radius 1 is 1.10 bits per heavy atom. The van der Waals surface area contributed by atoms with Crippen LogP contribution >= 0.6 is 11.6 Å². The molecule has 0 aliphatic heterocycles. The fraction of sp³-hybridized carbons (Fsp3) is 0.235. The van der Waals surface area contributed by atoms with E-state index in [0.29, 0.717) is 6.42 Å². The summed E-state index contributed by atoms with van der Waals surface area (Å²) in [6.45, 7) is 2.08. The van der Waals surface area contributed by atoms with Gasteiger partial charge in [0.25, 0.3) is 0 Å². The van der Waals surface area contributed by atoms with E-state index in [1.54, 1.807) is 0 Å². The van der Waals surface area contributed by atoms with Crippen molar-refractivity contribution >= 4 is 11.6 Å². The maximum absolute atomic E-state index is 9.01. The van der Waals surface area contributed by atoms with Crippen LogP contribution in [0.1, 0.15) is 36.6 Å². The number of hydrogen-bond acceptors (Lipinski definition) is 2. The number of nitrogens with one attached hydrogen (secondary N) is 1. The summed E-state index contributed by atoms with van der Waals surface area (Å²) >= 11 is 6.02. The molecule has 2 aromatic rings. The molecule has 2 aromatic carbocycles. The van der Waals surface area contributed by atoms with Crippen molar-refractivity contribution in [3.05, 3.63) is 70.7 Å². The molecule has 0 saturated heterocycles. The summed E-state index contributed by atoms with van der Waals surface area (Å²) in [6.07, 6.45) is 0.439. The Labute approximate surface area is 125 Å². The molecule has 20 heavy (non-hydrogen) atoms. The lowest BCUT2D eigenvalue weighted by atomic mass is 10.0. The van der Waals surface area contributed by atoms with Gasteiger partial charge >= 0.3 is 0 Å². The molecule has 2 rings (SSSR count). The van der Waals surface area contributed by atoms with Crippen LogP contribution in [-0.4, -0.2) is 0 Å². The summed E-state index contributed by atoms with van der Waals surface area (Å²) < 4.78 is 0. The Balaban J connectivity index is 2.14. The van der Waals surface area contributed by atoms with Gasteiger partial charge in [0.05, 0.1) is 12.5 Å². The predicted octanol–water partition coefficient (Wildman–Crippen LogP) is 4.65. The normalized spacial score (nSPS) is 13.4. The average molecular weight is 285 g/mol. The fourth-order valence-corrected chi connectivity index (χ4v) is 2.42. The van der Waals surface area contributed by atoms with Gasteiger partial charge in [0.15, 0.2) is 0 Å². The number of nitrogens with zero attached hydrogens (tertiary/aromatic N) is 1. The van der Waals surface area contributed by atoms with Crippen LogP contribution in [0.5, 0.6) is 0 Å². The standard InChI is InChI=1S/C17H17ClN2/c1-13(15-8-5-9-16(18)12-15)20-17(10-11-19)14-6-3-2-4-7-14/h2-9,12-13,17,20H,10H2,1H3/t13-,17?/m1/s1. The van der Waals surface area contributed by atoms with Crippen molar-refractivity contribution in [2.75, 3.05) is 0 Å². The van der Waals surface area contributed by atoms with Crippen LogP contribution in [0.2, 0.25) is 5.02 Å². The molecule has 0 amide bonds. The van der Waals surface area contributed by atoms with Crippen LogP contribution in [0.25, 0.3) is 0 Å². The fourth-order valence-electron chi connectivity index (χ4n) is 2.22. The molecule has 0 aromatic heterocycles. The van der Waals surface area contributed by atoms with Crippen LogP contribution < -0.4 is 5.32 Å². The van der Waals surface area contributed by atoms with Crippen LogP contribution in [-0.2, 0) is 0 Å². The van der Waals surface area contributed by atoms with Gasteiger partial charge in [-0.15, -0.1) is 0 Å². The number of benzene rings is 2. The highest BCUT2D eigenvalue weighted by atomic mass is 35.5. The molecule has 1 unspecified atom stereocenters. The van der Waals surface area contributed by atoms with Crippen molar-refractivity contribution in [2.45, 2.75) is 25.4 Å². The molecule has 2 nitrogen and oxygen atoms in total. The first-order valence-electron chi connectivity index (χ1n) is 6.64. The van der Waals surface area contributed by atoms with Crippen LogP contribution in [0.4, 0.5) is 0 Å². The van der Waals surface area contributed by atoms with E-state index in [1.165, 1.54) is 0 Å². The summed E-state index contributed by atoms with van der Waals surface area (Å²) in [6, 6.07) is 20.2. The number of nitriles is 1. The highest BCUT2D eigenvalue weighted by molar-refractivity contribution is 6.30. The maximum Gasteiger partial charge on any atom is 0.0641 e. The van der Waals surface area contributed by atoms with Crippen LogP contribution in [0.15, 0.2) is 54.6 Å². The first-order chi connectivity index (χ1) is 9.70. The van der Waals surface area contributed by atoms with Crippen LogP contribution in [0, 0.1) is 11.3 Å². The van der Waals surface area contributed by atoms with E-state index in [2.05, 4.69) is 18.3 Å². The lowest BCUT2D eigenvalue weighted by Gasteiger charge is -2.22. The van der Waals surface area contributed by atoms with Gasteiger partial charge in [-0.05, 0) is 30.2 Å². The smallest absolute Gasteiger partial charge is 0.0641 e. The molecule has 0 saturated carbocycles. The van der Waals surface area contributed by atoms with Gasteiger partial charge in [-0.3, -0.25) is 0 Å². The minimum atomic E-state index is 0.0233. The van der Waals surface area contributed by atoms with E-state index >= 15 is 0 Å². The Morgan fingerprint density at radius 3 is 2.45 bits per heavy atom. The number of halogens is 1. The minimum Gasteiger partial charge on any atom is -0.302 e. The second-order valence-corrected chi connectivity index (χ2v) is 5.21. The molecule has 0 bridgehead atoms. The van der Waals surface area contributed by atoms with Gasteiger partial charge in [0, 0.05) is 17.1 Å². The quantitative estimate of drug-likeness (QED) is 0.868. The minimum absolute atomic E-state index is 0.0233. The summed E-state index contributed by atoms with van der Waals surface area (Å²) in [5.41, 5.74) is 2.25. The predicted molar refractivity (Wildman–Crippen MR) is 82.4 cm³/mol. The number of rotatable bonds is 5. The molecule has 0 fully saturated rings. The summed E-state index contributed by atoms with van der Waals surface area (Å²) in [5.74, 6) is 0. The topological polar surface area (TPSA) is 35.8 Å². The third-order valence-electron chi connectivity index (χ3n) is 3.30. The van der Waals surface area contributed by atoms with Gasteiger partial charge in [-0.2, -0.15) is 5.26 Å². The molecule has 0 radical (unpaired) electrons. The molecular formula is C17H17ClN2. The van der Waals surface area contributed by atoms with Crippen LogP contribution in [0.3, 0.4) is 0 Å². The van der Waals surface area contributed by atoms with Gasteiger partial charge in [-0.1, -0.05) is 54.1 Å². The molecule has 0 heterocycles. The van der Waals surface area contributed by atoms with Crippen molar-refractivity contribution < 1.29 is 0 Å². The zero-order valence-electron chi connectivity index (χ0n) is 11.4. The van der Waals surface area contributed by atoms with E-state index < -0.39 is 0 Å². The van der Waals surface area contributed by atoms with Gasteiger partial charge < -0.3 is 5.32 Å². The Kier molecular flexibility index (Phi) is 5.17. The second-order valence-electron chi connectivity index (χ2n) is 4.77. The maximum atomic E-state index is 9.01. The molecule has 0 aliphatic carbocycles. The monoisotopic (exact) mass is 284 g/mol. The molecule has 0 aliphatic rings. The average Bonchev–Trinajstić information content (AvgIpc) is 2.47. The Bertz CT molecular complexity index is 589. The lowest BCUT2D eigenvalue weighted by Crippen LogP contribution is -2.24. The number of hydrogen-bond donors (Lipinski definition) is 1. The van der Waals surface area contributed by atoms with E-state index in [-0.39, 0.29) is 12.1 Å². The molecular weight excluding hydrogens is 268 g/mol. The highest BCUT2D eigenvalue weighted by Gasteiger charge is 2.15. The van der Waals surface area contributed by atoms with Crippen molar-refractivity contribution in [3.63, 3.8) is 0 Å². The second kappa shape index (κ2) is 7.09. The van der Waals surface area contributed by atoms with Crippen molar-refractivity contribution in [3.8, 4) is 6.07 Å². The third-order valence-corrected chi connectivity index (χ3v) is 3.53. The molecule has 2 atom stereocenters. The summed E-state index contributed by atoms with van der Waals surface area (Å²) in [5, 5.41) is 13.2. The summed E-state index contributed by atoms with van der Waals surface area (Å²) in [4.78, 5) is 0. The van der Waals surface area contributed by atoms with Crippen molar-refractivity contribution in [1.82, 2.24) is 5.32 Å². The largest absolute Gasteiger partial charge is 0.302 e. The zero-order chi connectivity index (χ0) is 14.4. The lowest BCUT2D eigenvalue weighted by molar-refractivity contribution is 0.472. The van der Waals surface area contributed by atoms with Gasteiger partial charge in [-0.25, -0.2) is 0 Å². The summed E-state index contributed by atoms with van der Waals surface area (Å²) in [7, 11) is 0. The SMILES string of the molecule is C[C@@H](NC(CC#N)c1ccccc1)c1cccc(Cl)c1. The van der Waals surface area contributed by atoms with E-state index in [9.17, 15) is 0 Å². The van der Waals surface area contributed by atoms with Gasteiger partial charge in [0.1, 0.15) is 0 Å².